The third-order valence-corrected chi connectivity index (χ3v) is 5.49. The predicted molar refractivity (Wildman–Crippen MR) is 114 cm³/mol. The molecule has 8 heteroatoms. The van der Waals surface area contributed by atoms with Gasteiger partial charge in [-0.2, -0.15) is 0 Å². The zero-order chi connectivity index (χ0) is 20.8. The van der Waals surface area contributed by atoms with Gasteiger partial charge in [0.25, 0.3) is 0 Å². The van der Waals surface area contributed by atoms with Crippen LogP contribution in [0.4, 0.5) is 0 Å². The first-order chi connectivity index (χ1) is 13.5. The average Bonchev–Trinajstić information content (AvgIpc) is 2.82. The Kier molecular flexibility index (Phi) is 12.6. The molecule has 0 bridgehead atoms. The standard InChI is InChI=1S/C20H26Br2O6/c1-3-19(23)27-11-6-5-10-25-17-9-8-15(21)16(22)14-18(17)26-12-7-13-28-20(24)4-2/h4,8,14H,2-3,5-7,9-13H2,1H3. The van der Waals surface area contributed by atoms with Gasteiger partial charge in [0.15, 0.2) is 5.76 Å². The molecule has 0 spiro atoms. The molecule has 0 atom stereocenters. The summed E-state index contributed by atoms with van der Waals surface area (Å²) in [5.41, 5.74) is 0. The number of ether oxygens (including phenoxy) is 4. The van der Waals surface area contributed by atoms with Gasteiger partial charge in [-0.15, -0.1) is 0 Å². The fourth-order valence-corrected chi connectivity index (χ4v) is 2.70. The van der Waals surface area contributed by atoms with E-state index in [1.54, 1.807) is 6.92 Å². The number of halogens is 2. The number of carbonyl (C=O) groups excluding carboxylic acids is 2. The maximum atomic E-state index is 11.1. The van der Waals surface area contributed by atoms with Crippen molar-refractivity contribution < 1.29 is 28.5 Å². The molecule has 0 heterocycles. The largest absolute Gasteiger partial charge is 0.494 e. The Hall–Kier alpha value is -1.54. The first-order valence-corrected chi connectivity index (χ1v) is 10.7. The van der Waals surface area contributed by atoms with Gasteiger partial charge in [-0.05, 0) is 50.8 Å². The second-order valence-corrected chi connectivity index (χ2v) is 7.45. The molecule has 0 aromatic carbocycles. The molecule has 0 saturated carbocycles. The third kappa shape index (κ3) is 10.1. The molecule has 1 rings (SSSR count). The van der Waals surface area contributed by atoms with Crippen LogP contribution in [0.5, 0.6) is 0 Å². The molecular weight excluding hydrogens is 496 g/mol. The van der Waals surface area contributed by atoms with Gasteiger partial charge in [0, 0.05) is 34.3 Å². The normalized spacial score (nSPS) is 13.8. The minimum atomic E-state index is -0.446. The topological polar surface area (TPSA) is 71.1 Å². The van der Waals surface area contributed by atoms with E-state index in [0.717, 1.165) is 33.6 Å². The van der Waals surface area contributed by atoms with Gasteiger partial charge >= 0.3 is 11.9 Å². The van der Waals surface area contributed by atoms with Crippen molar-refractivity contribution in [2.75, 3.05) is 26.4 Å². The zero-order valence-electron chi connectivity index (χ0n) is 16.0. The Bertz CT molecular complexity index is 637. The van der Waals surface area contributed by atoms with Crippen molar-refractivity contribution in [2.45, 2.75) is 39.0 Å². The van der Waals surface area contributed by atoms with Crippen molar-refractivity contribution in [1.29, 1.82) is 0 Å². The van der Waals surface area contributed by atoms with Gasteiger partial charge < -0.3 is 18.9 Å². The van der Waals surface area contributed by atoms with Crippen LogP contribution in [0.3, 0.4) is 0 Å². The second kappa shape index (κ2) is 14.5. The molecule has 1 aliphatic carbocycles. The van der Waals surface area contributed by atoms with E-state index >= 15 is 0 Å². The zero-order valence-corrected chi connectivity index (χ0v) is 19.2. The van der Waals surface area contributed by atoms with Crippen LogP contribution in [-0.2, 0) is 28.5 Å². The van der Waals surface area contributed by atoms with Gasteiger partial charge in [0.1, 0.15) is 5.76 Å². The molecule has 0 unspecified atom stereocenters. The average molecular weight is 522 g/mol. The Balaban J connectivity index is 2.50. The van der Waals surface area contributed by atoms with Gasteiger partial charge in [-0.3, -0.25) is 4.79 Å². The van der Waals surface area contributed by atoms with Gasteiger partial charge in [0.05, 0.1) is 26.4 Å². The van der Waals surface area contributed by atoms with Crippen molar-refractivity contribution in [3.8, 4) is 0 Å². The summed E-state index contributed by atoms with van der Waals surface area (Å²) in [5, 5.41) is 0. The highest BCUT2D eigenvalue weighted by atomic mass is 79.9. The van der Waals surface area contributed by atoms with E-state index in [9.17, 15) is 9.59 Å². The van der Waals surface area contributed by atoms with Crippen molar-refractivity contribution in [2.24, 2.45) is 0 Å². The molecule has 0 N–H and O–H groups in total. The van der Waals surface area contributed by atoms with Crippen LogP contribution in [0.2, 0.25) is 0 Å². The maximum absolute atomic E-state index is 11.1. The molecule has 0 saturated heterocycles. The lowest BCUT2D eigenvalue weighted by atomic mass is 10.3. The first-order valence-electron chi connectivity index (χ1n) is 9.14. The van der Waals surface area contributed by atoms with Gasteiger partial charge in [0.2, 0.25) is 0 Å². The summed E-state index contributed by atoms with van der Waals surface area (Å²) in [4.78, 5) is 22.1. The van der Waals surface area contributed by atoms with E-state index in [4.69, 9.17) is 18.9 Å². The molecule has 0 aromatic rings. The lowest BCUT2D eigenvalue weighted by molar-refractivity contribution is -0.143. The molecule has 1 aliphatic rings. The Morgan fingerprint density at radius 2 is 1.71 bits per heavy atom. The summed E-state index contributed by atoms with van der Waals surface area (Å²) < 4.78 is 23.5. The van der Waals surface area contributed by atoms with Crippen LogP contribution >= 0.6 is 31.9 Å². The maximum Gasteiger partial charge on any atom is 0.330 e. The minimum absolute atomic E-state index is 0.188. The van der Waals surface area contributed by atoms with E-state index in [2.05, 4.69) is 38.4 Å². The quantitative estimate of drug-likeness (QED) is 0.192. The van der Waals surface area contributed by atoms with Crippen molar-refractivity contribution >= 4 is 43.8 Å². The van der Waals surface area contributed by atoms with Gasteiger partial charge in [-0.1, -0.05) is 19.6 Å². The minimum Gasteiger partial charge on any atom is -0.494 e. The van der Waals surface area contributed by atoms with E-state index in [1.165, 1.54) is 0 Å². The molecule has 0 radical (unpaired) electrons. The highest BCUT2D eigenvalue weighted by molar-refractivity contribution is 9.15. The fourth-order valence-electron chi connectivity index (χ4n) is 2.06. The number of hydrogen-bond donors (Lipinski definition) is 0. The molecule has 6 nitrogen and oxygen atoms in total. The lowest BCUT2D eigenvalue weighted by Crippen LogP contribution is -2.07. The van der Waals surface area contributed by atoms with Crippen LogP contribution in [-0.4, -0.2) is 38.4 Å². The number of unbranched alkanes of at least 4 members (excludes halogenated alkanes) is 1. The summed E-state index contributed by atoms with van der Waals surface area (Å²) >= 11 is 6.98. The van der Waals surface area contributed by atoms with Crippen LogP contribution < -0.4 is 0 Å². The predicted octanol–water partition coefficient (Wildman–Crippen LogP) is 5.05. The molecular formula is C20H26Br2O6. The van der Waals surface area contributed by atoms with Gasteiger partial charge in [-0.25, -0.2) is 4.79 Å². The highest BCUT2D eigenvalue weighted by Gasteiger charge is 2.14. The number of esters is 2. The summed E-state index contributed by atoms with van der Waals surface area (Å²) in [7, 11) is 0. The highest BCUT2D eigenvalue weighted by Crippen LogP contribution is 2.31. The summed E-state index contributed by atoms with van der Waals surface area (Å²) in [6, 6.07) is 0. The molecule has 28 heavy (non-hydrogen) atoms. The molecule has 0 amide bonds. The molecule has 0 aromatic heterocycles. The number of rotatable bonds is 13. The smallest absolute Gasteiger partial charge is 0.330 e. The van der Waals surface area contributed by atoms with Crippen molar-refractivity contribution in [3.05, 3.63) is 45.3 Å². The van der Waals surface area contributed by atoms with E-state index in [0.29, 0.717) is 44.8 Å². The monoisotopic (exact) mass is 520 g/mol. The van der Waals surface area contributed by atoms with Crippen molar-refractivity contribution in [1.82, 2.24) is 0 Å². The van der Waals surface area contributed by atoms with Crippen LogP contribution in [0.15, 0.2) is 45.3 Å². The molecule has 0 fully saturated rings. The third-order valence-electron chi connectivity index (χ3n) is 3.55. The van der Waals surface area contributed by atoms with E-state index in [-0.39, 0.29) is 12.6 Å². The lowest BCUT2D eigenvalue weighted by Gasteiger charge is -2.14. The summed E-state index contributed by atoms with van der Waals surface area (Å²) in [5.74, 6) is 0.718. The van der Waals surface area contributed by atoms with Crippen LogP contribution in [0.1, 0.15) is 39.0 Å². The fraction of sp³-hybridized carbons (Fsp3) is 0.500. The first kappa shape index (κ1) is 24.5. The summed E-state index contributed by atoms with van der Waals surface area (Å²) in [6.45, 7) is 6.67. The van der Waals surface area contributed by atoms with Crippen LogP contribution in [0.25, 0.3) is 0 Å². The number of allylic oxidation sites excluding steroid dienone is 4. The van der Waals surface area contributed by atoms with E-state index in [1.807, 2.05) is 12.2 Å². The van der Waals surface area contributed by atoms with E-state index < -0.39 is 5.97 Å². The van der Waals surface area contributed by atoms with Crippen LogP contribution in [0, 0.1) is 0 Å². The SMILES string of the molecule is C=CC(=O)OCCCOC1=C(OCCCCOC(=O)CC)CC=C(Br)C(Br)=C1. The number of hydrogen-bond acceptors (Lipinski definition) is 6. The molecule has 156 valence electrons. The molecule has 0 aliphatic heterocycles. The Labute approximate surface area is 182 Å². The summed E-state index contributed by atoms with van der Waals surface area (Å²) in [6.07, 6.45) is 8.00. The number of carbonyl (C=O) groups is 2. The van der Waals surface area contributed by atoms with Crippen molar-refractivity contribution in [3.63, 3.8) is 0 Å². The Morgan fingerprint density at radius 1 is 1.04 bits per heavy atom. The second-order valence-electron chi connectivity index (χ2n) is 5.74. The Morgan fingerprint density at radius 3 is 2.43 bits per heavy atom.